The van der Waals surface area contributed by atoms with Crippen molar-refractivity contribution in [2.24, 2.45) is 0 Å². The molecule has 1 atom stereocenters. The Morgan fingerprint density at radius 2 is 2.44 bits per heavy atom. The second-order valence-corrected chi connectivity index (χ2v) is 3.99. The number of likely N-dealkylation sites (N-methyl/N-ethyl adjacent to an activating group) is 1. The number of hydrogen-bond donors (Lipinski definition) is 1. The fraction of sp³-hybridized carbons (Fsp3) is 0.462. The summed E-state index contributed by atoms with van der Waals surface area (Å²) in [4.78, 5) is 4.42. The van der Waals surface area contributed by atoms with Crippen LogP contribution >= 0.6 is 0 Å². The molecule has 3 heteroatoms. The summed E-state index contributed by atoms with van der Waals surface area (Å²) in [6.45, 7) is 5.88. The van der Waals surface area contributed by atoms with E-state index in [1.54, 1.807) is 0 Å². The van der Waals surface area contributed by atoms with Crippen LogP contribution in [-0.2, 0) is 4.74 Å². The Morgan fingerprint density at radius 3 is 3.06 bits per heavy atom. The van der Waals surface area contributed by atoms with E-state index in [-0.39, 0.29) is 6.04 Å². The highest BCUT2D eigenvalue weighted by atomic mass is 16.5. The van der Waals surface area contributed by atoms with Gasteiger partial charge in [0, 0.05) is 12.6 Å². The minimum atomic E-state index is 0.104. The Morgan fingerprint density at radius 1 is 1.56 bits per heavy atom. The van der Waals surface area contributed by atoms with Gasteiger partial charge in [-0.3, -0.25) is 4.98 Å². The summed E-state index contributed by atoms with van der Waals surface area (Å²) in [7, 11) is 0. The molecule has 1 N–H and O–H groups in total. The molecule has 1 aliphatic heterocycles. The monoisotopic (exact) mass is 218 g/mol. The molecule has 0 fully saturated rings. The van der Waals surface area contributed by atoms with Crippen molar-refractivity contribution in [3.8, 4) is 0 Å². The average molecular weight is 218 g/mol. The van der Waals surface area contributed by atoms with Crippen LogP contribution in [0.4, 0.5) is 0 Å². The third-order valence-electron chi connectivity index (χ3n) is 2.66. The molecule has 0 spiro atoms. The third kappa shape index (κ3) is 2.42. The lowest BCUT2D eigenvalue weighted by atomic mass is 10.1. The summed E-state index contributed by atoms with van der Waals surface area (Å²) in [6, 6.07) is 4.22. The van der Waals surface area contributed by atoms with Gasteiger partial charge in [-0.15, -0.1) is 0 Å². The van der Waals surface area contributed by atoms with Crippen molar-refractivity contribution in [2.75, 3.05) is 13.2 Å². The maximum absolute atomic E-state index is 5.62. The summed E-state index contributed by atoms with van der Waals surface area (Å²) < 4.78 is 5.62. The van der Waals surface area contributed by atoms with Gasteiger partial charge >= 0.3 is 0 Å². The Balaban J connectivity index is 2.24. The van der Waals surface area contributed by atoms with Gasteiger partial charge in [0.1, 0.15) is 11.8 Å². The lowest BCUT2D eigenvalue weighted by Crippen LogP contribution is -2.24. The third-order valence-corrected chi connectivity index (χ3v) is 2.66. The van der Waals surface area contributed by atoms with Crippen LogP contribution in [0.3, 0.4) is 0 Å². The minimum Gasteiger partial charge on any atom is -0.496 e. The summed E-state index contributed by atoms with van der Waals surface area (Å²) in [6.07, 6.45) is 5.00. The van der Waals surface area contributed by atoms with Gasteiger partial charge in [-0.25, -0.2) is 0 Å². The second-order valence-electron chi connectivity index (χ2n) is 3.99. The lowest BCUT2D eigenvalue weighted by Gasteiger charge is -2.18. The first-order chi connectivity index (χ1) is 7.81. The predicted molar refractivity (Wildman–Crippen MR) is 64.0 cm³/mol. The van der Waals surface area contributed by atoms with E-state index in [4.69, 9.17) is 4.74 Å². The molecule has 1 aliphatic rings. The molecule has 2 heterocycles. The van der Waals surface area contributed by atoms with Gasteiger partial charge in [0.15, 0.2) is 0 Å². The smallest absolute Gasteiger partial charge is 0.115 e. The number of hydrogen-bond acceptors (Lipinski definition) is 3. The average Bonchev–Trinajstić information content (AvgIpc) is 2.79. The molecule has 1 aromatic heterocycles. The van der Waals surface area contributed by atoms with Crippen molar-refractivity contribution in [1.29, 1.82) is 0 Å². The van der Waals surface area contributed by atoms with Crippen LogP contribution in [0.2, 0.25) is 0 Å². The SMILES string of the molecule is CCNC(C1=CCCO1)c1cc(C)ccn1. The molecule has 0 bridgehead atoms. The molecule has 0 aromatic carbocycles. The molecule has 1 unspecified atom stereocenters. The molecule has 1 aromatic rings. The van der Waals surface area contributed by atoms with Crippen molar-refractivity contribution < 1.29 is 4.74 Å². The standard InChI is InChI=1S/C13H18N2O/c1-3-14-13(12-5-4-8-16-12)11-9-10(2)6-7-15-11/h5-7,9,13-14H,3-4,8H2,1-2H3. The summed E-state index contributed by atoms with van der Waals surface area (Å²) in [5, 5.41) is 3.41. The van der Waals surface area contributed by atoms with Gasteiger partial charge in [-0.05, 0) is 37.2 Å². The number of rotatable bonds is 4. The predicted octanol–water partition coefficient (Wildman–Crippen LogP) is 2.34. The fourth-order valence-electron chi connectivity index (χ4n) is 1.91. The van der Waals surface area contributed by atoms with Gasteiger partial charge in [0.2, 0.25) is 0 Å². The lowest BCUT2D eigenvalue weighted by molar-refractivity contribution is 0.215. The number of pyridine rings is 1. The second kappa shape index (κ2) is 5.12. The number of ether oxygens (including phenoxy) is 1. The quantitative estimate of drug-likeness (QED) is 0.842. The Kier molecular flexibility index (Phi) is 3.57. The largest absolute Gasteiger partial charge is 0.496 e. The number of aryl methyl sites for hydroxylation is 1. The van der Waals surface area contributed by atoms with E-state index in [1.807, 2.05) is 12.3 Å². The molecule has 3 nitrogen and oxygen atoms in total. The Bertz CT molecular complexity index is 387. The summed E-state index contributed by atoms with van der Waals surface area (Å²) in [5.74, 6) is 1.01. The van der Waals surface area contributed by atoms with E-state index in [1.165, 1.54) is 5.56 Å². The van der Waals surface area contributed by atoms with Crippen LogP contribution in [-0.4, -0.2) is 18.1 Å². The number of nitrogens with zero attached hydrogens (tertiary/aromatic N) is 1. The van der Waals surface area contributed by atoms with Crippen LogP contribution in [0.15, 0.2) is 30.2 Å². The molecule has 0 aliphatic carbocycles. The van der Waals surface area contributed by atoms with Gasteiger partial charge in [-0.1, -0.05) is 6.92 Å². The van der Waals surface area contributed by atoms with Crippen molar-refractivity contribution in [3.63, 3.8) is 0 Å². The topological polar surface area (TPSA) is 34.1 Å². The molecule has 0 saturated heterocycles. The maximum Gasteiger partial charge on any atom is 0.115 e. The normalized spacial score (nSPS) is 16.8. The molecule has 0 saturated carbocycles. The molecule has 16 heavy (non-hydrogen) atoms. The van der Waals surface area contributed by atoms with E-state index < -0.39 is 0 Å². The van der Waals surface area contributed by atoms with E-state index in [0.29, 0.717) is 0 Å². The van der Waals surface area contributed by atoms with Crippen LogP contribution in [0.1, 0.15) is 30.6 Å². The van der Waals surface area contributed by atoms with Crippen molar-refractivity contribution in [1.82, 2.24) is 10.3 Å². The summed E-state index contributed by atoms with van der Waals surface area (Å²) in [5.41, 5.74) is 2.27. The van der Waals surface area contributed by atoms with E-state index in [9.17, 15) is 0 Å². The van der Waals surface area contributed by atoms with Crippen LogP contribution in [0, 0.1) is 6.92 Å². The molecule has 86 valence electrons. The van der Waals surface area contributed by atoms with Crippen LogP contribution in [0.25, 0.3) is 0 Å². The zero-order chi connectivity index (χ0) is 11.4. The van der Waals surface area contributed by atoms with Gasteiger partial charge in [0.25, 0.3) is 0 Å². The van der Waals surface area contributed by atoms with Gasteiger partial charge < -0.3 is 10.1 Å². The first-order valence-corrected chi connectivity index (χ1v) is 5.80. The van der Waals surface area contributed by atoms with E-state index >= 15 is 0 Å². The minimum absolute atomic E-state index is 0.104. The van der Waals surface area contributed by atoms with Crippen molar-refractivity contribution in [3.05, 3.63) is 41.4 Å². The Labute approximate surface area is 96.5 Å². The van der Waals surface area contributed by atoms with Crippen LogP contribution in [0.5, 0.6) is 0 Å². The molecule has 0 amide bonds. The fourth-order valence-corrected chi connectivity index (χ4v) is 1.91. The highest BCUT2D eigenvalue weighted by Crippen LogP contribution is 2.25. The van der Waals surface area contributed by atoms with E-state index in [2.05, 4.69) is 36.3 Å². The van der Waals surface area contributed by atoms with Crippen molar-refractivity contribution >= 4 is 0 Å². The Hall–Kier alpha value is -1.35. The highest BCUT2D eigenvalue weighted by Gasteiger charge is 2.20. The van der Waals surface area contributed by atoms with Crippen molar-refractivity contribution in [2.45, 2.75) is 26.3 Å². The molecular weight excluding hydrogens is 200 g/mol. The number of nitrogens with one attached hydrogen (secondary N) is 1. The highest BCUT2D eigenvalue weighted by molar-refractivity contribution is 5.24. The summed E-state index contributed by atoms with van der Waals surface area (Å²) >= 11 is 0. The molecule has 0 radical (unpaired) electrons. The van der Waals surface area contributed by atoms with Crippen LogP contribution < -0.4 is 5.32 Å². The van der Waals surface area contributed by atoms with Gasteiger partial charge in [0.05, 0.1) is 12.3 Å². The maximum atomic E-state index is 5.62. The molecule has 2 rings (SSSR count). The first-order valence-electron chi connectivity index (χ1n) is 5.80. The van der Waals surface area contributed by atoms with Gasteiger partial charge in [-0.2, -0.15) is 0 Å². The van der Waals surface area contributed by atoms with E-state index in [0.717, 1.165) is 31.0 Å². The first kappa shape index (κ1) is 11.1. The zero-order valence-electron chi connectivity index (χ0n) is 9.86. The number of aromatic nitrogens is 1. The molecular formula is C13H18N2O. The zero-order valence-corrected chi connectivity index (χ0v) is 9.86.